The van der Waals surface area contributed by atoms with Gasteiger partial charge in [-0.25, -0.2) is 0 Å². The maximum absolute atomic E-state index is 6.42. The first-order chi connectivity index (χ1) is 6.59. The highest BCUT2D eigenvalue weighted by Gasteiger charge is 2.47. The molecule has 1 N–H and O–H groups in total. The summed E-state index contributed by atoms with van der Waals surface area (Å²) in [7, 11) is 0. The van der Waals surface area contributed by atoms with Crippen LogP contribution in [0.2, 0.25) is 0 Å². The summed E-state index contributed by atoms with van der Waals surface area (Å²) in [6, 6.07) is 1.37. The fourth-order valence-corrected chi connectivity index (χ4v) is 3.93. The summed E-state index contributed by atoms with van der Waals surface area (Å²) in [6.45, 7) is 6.93. The van der Waals surface area contributed by atoms with E-state index in [9.17, 15) is 0 Å². The van der Waals surface area contributed by atoms with Gasteiger partial charge in [0.15, 0.2) is 0 Å². The highest BCUT2D eigenvalue weighted by atomic mass is 35.5. The van der Waals surface area contributed by atoms with Crippen LogP contribution in [0.5, 0.6) is 0 Å². The van der Waals surface area contributed by atoms with E-state index in [0.717, 1.165) is 17.8 Å². The largest absolute Gasteiger partial charge is 0.311 e. The molecule has 0 amide bonds. The van der Waals surface area contributed by atoms with Crippen molar-refractivity contribution in [2.75, 3.05) is 0 Å². The Balaban J connectivity index is 2.05. The molecule has 1 heterocycles. The van der Waals surface area contributed by atoms with Crippen molar-refractivity contribution in [2.24, 2.45) is 17.8 Å². The molecule has 1 saturated heterocycles. The van der Waals surface area contributed by atoms with Crippen LogP contribution in [-0.4, -0.2) is 17.5 Å². The number of hydrogen-bond acceptors (Lipinski definition) is 1. The number of halogens is 1. The molecule has 5 atom stereocenters. The summed E-state index contributed by atoms with van der Waals surface area (Å²) in [5.74, 6) is 2.37. The van der Waals surface area contributed by atoms with E-state index in [2.05, 4.69) is 26.1 Å². The van der Waals surface area contributed by atoms with E-state index in [-0.39, 0.29) is 0 Å². The molecule has 1 saturated carbocycles. The van der Waals surface area contributed by atoms with Crippen molar-refractivity contribution in [3.05, 3.63) is 0 Å². The van der Waals surface area contributed by atoms with Crippen LogP contribution in [0.4, 0.5) is 0 Å². The molecule has 1 aliphatic heterocycles. The van der Waals surface area contributed by atoms with Crippen LogP contribution >= 0.6 is 11.6 Å². The van der Waals surface area contributed by atoms with E-state index in [4.69, 9.17) is 11.6 Å². The molecule has 2 aliphatic rings. The maximum Gasteiger partial charge on any atom is 0.0382 e. The number of nitrogens with one attached hydrogen (secondary N) is 1. The van der Waals surface area contributed by atoms with E-state index >= 15 is 0 Å². The molecule has 82 valence electrons. The lowest BCUT2D eigenvalue weighted by molar-refractivity contribution is 0.359. The van der Waals surface area contributed by atoms with E-state index in [1.807, 2.05) is 0 Å². The Morgan fingerprint density at radius 3 is 2.71 bits per heavy atom. The molecular weight excluding hydrogens is 194 g/mol. The molecule has 14 heavy (non-hydrogen) atoms. The minimum absolute atomic E-state index is 0.432. The van der Waals surface area contributed by atoms with Crippen LogP contribution in [0.3, 0.4) is 0 Å². The van der Waals surface area contributed by atoms with Gasteiger partial charge in [0.1, 0.15) is 0 Å². The summed E-state index contributed by atoms with van der Waals surface area (Å²) in [6.07, 6.45) is 3.85. The van der Waals surface area contributed by atoms with Gasteiger partial charge in [0, 0.05) is 17.5 Å². The molecular formula is C12H22ClN. The summed E-state index contributed by atoms with van der Waals surface area (Å²) in [4.78, 5) is 0. The molecule has 5 unspecified atom stereocenters. The van der Waals surface area contributed by atoms with E-state index in [1.54, 1.807) is 0 Å². The lowest BCUT2D eigenvalue weighted by atomic mass is 9.87. The Labute approximate surface area is 92.6 Å². The van der Waals surface area contributed by atoms with E-state index in [0.29, 0.717) is 17.5 Å². The molecule has 2 rings (SSSR count). The maximum atomic E-state index is 6.42. The topological polar surface area (TPSA) is 12.0 Å². The average Bonchev–Trinajstić information content (AvgIpc) is 2.56. The molecule has 0 aromatic carbocycles. The Hall–Kier alpha value is 0.250. The Kier molecular flexibility index (Phi) is 3.09. The molecule has 0 spiro atoms. The zero-order valence-electron chi connectivity index (χ0n) is 9.46. The van der Waals surface area contributed by atoms with Crippen LogP contribution < -0.4 is 5.32 Å². The Morgan fingerprint density at radius 2 is 2.07 bits per heavy atom. The average molecular weight is 216 g/mol. The van der Waals surface area contributed by atoms with Gasteiger partial charge in [-0.2, -0.15) is 0 Å². The number of fused-ring (bicyclic) bond motifs is 1. The number of alkyl halides is 1. The van der Waals surface area contributed by atoms with Gasteiger partial charge in [0.05, 0.1) is 0 Å². The number of rotatable bonds is 2. The SMILES string of the molecule is CC(C)CC1NC(C)C2CCC(Cl)C12. The zero-order valence-corrected chi connectivity index (χ0v) is 10.2. The Bertz CT molecular complexity index is 202. The fraction of sp³-hybridized carbons (Fsp3) is 1.00. The molecule has 2 fully saturated rings. The standard InChI is InChI=1S/C12H22ClN/c1-7(2)6-11-12-9(8(3)14-11)4-5-10(12)13/h7-12,14H,4-6H2,1-3H3. The Morgan fingerprint density at radius 1 is 1.36 bits per heavy atom. The van der Waals surface area contributed by atoms with Crippen molar-refractivity contribution < 1.29 is 0 Å². The van der Waals surface area contributed by atoms with Crippen molar-refractivity contribution in [3.63, 3.8) is 0 Å². The normalized spacial score (nSPS) is 47.4. The smallest absolute Gasteiger partial charge is 0.0382 e. The van der Waals surface area contributed by atoms with E-state index < -0.39 is 0 Å². The van der Waals surface area contributed by atoms with Crippen molar-refractivity contribution in [2.45, 2.75) is 57.5 Å². The summed E-state index contributed by atoms with van der Waals surface area (Å²) in [5.41, 5.74) is 0. The lowest BCUT2D eigenvalue weighted by Crippen LogP contribution is -2.34. The summed E-state index contributed by atoms with van der Waals surface area (Å²) < 4.78 is 0. The molecule has 0 radical (unpaired) electrons. The quantitative estimate of drug-likeness (QED) is 0.699. The second-order valence-corrected chi connectivity index (χ2v) is 6.09. The predicted octanol–water partition coefficient (Wildman–Crippen LogP) is 3.03. The molecule has 1 aliphatic carbocycles. The number of hydrogen-bond donors (Lipinski definition) is 1. The summed E-state index contributed by atoms with van der Waals surface area (Å²) >= 11 is 6.42. The van der Waals surface area contributed by atoms with Crippen LogP contribution in [0.1, 0.15) is 40.0 Å². The van der Waals surface area contributed by atoms with Crippen molar-refractivity contribution in [1.29, 1.82) is 0 Å². The van der Waals surface area contributed by atoms with E-state index in [1.165, 1.54) is 19.3 Å². The van der Waals surface area contributed by atoms with Gasteiger partial charge in [-0.15, -0.1) is 11.6 Å². The lowest BCUT2D eigenvalue weighted by Gasteiger charge is -2.22. The third-order valence-electron chi connectivity index (χ3n) is 4.00. The van der Waals surface area contributed by atoms with Gasteiger partial charge in [0.2, 0.25) is 0 Å². The van der Waals surface area contributed by atoms with Gasteiger partial charge in [-0.1, -0.05) is 13.8 Å². The van der Waals surface area contributed by atoms with Gasteiger partial charge < -0.3 is 5.32 Å². The van der Waals surface area contributed by atoms with Crippen LogP contribution in [0.15, 0.2) is 0 Å². The molecule has 0 aromatic heterocycles. The van der Waals surface area contributed by atoms with Crippen molar-refractivity contribution in [1.82, 2.24) is 5.32 Å². The van der Waals surface area contributed by atoms with Crippen molar-refractivity contribution in [3.8, 4) is 0 Å². The highest BCUT2D eigenvalue weighted by Crippen LogP contribution is 2.45. The molecule has 0 aromatic rings. The van der Waals surface area contributed by atoms with Crippen LogP contribution in [0.25, 0.3) is 0 Å². The summed E-state index contributed by atoms with van der Waals surface area (Å²) in [5, 5.41) is 4.16. The van der Waals surface area contributed by atoms with Crippen LogP contribution in [0, 0.1) is 17.8 Å². The molecule has 2 heteroatoms. The monoisotopic (exact) mass is 215 g/mol. The minimum atomic E-state index is 0.432. The first-order valence-electron chi connectivity index (χ1n) is 5.99. The second kappa shape index (κ2) is 4.02. The highest BCUT2D eigenvalue weighted by molar-refractivity contribution is 6.21. The first kappa shape index (κ1) is 10.8. The van der Waals surface area contributed by atoms with Gasteiger partial charge >= 0.3 is 0 Å². The van der Waals surface area contributed by atoms with Crippen LogP contribution in [-0.2, 0) is 0 Å². The molecule has 1 nitrogen and oxygen atoms in total. The predicted molar refractivity (Wildman–Crippen MR) is 61.7 cm³/mol. The second-order valence-electron chi connectivity index (χ2n) is 5.53. The minimum Gasteiger partial charge on any atom is -0.311 e. The van der Waals surface area contributed by atoms with Gasteiger partial charge in [-0.3, -0.25) is 0 Å². The third-order valence-corrected chi connectivity index (χ3v) is 4.51. The van der Waals surface area contributed by atoms with Crippen molar-refractivity contribution >= 4 is 11.6 Å². The first-order valence-corrected chi connectivity index (χ1v) is 6.43. The zero-order chi connectivity index (χ0) is 10.3. The van der Waals surface area contributed by atoms with Gasteiger partial charge in [0.25, 0.3) is 0 Å². The van der Waals surface area contributed by atoms with Gasteiger partial charge in [-0.05, 0) is 43.9 Å². The molecule has 0 bridgehead atoms. The third kappa shape index (κ3) is 1.81. The fourth-order valence-electron chi connectivity index (χ4n) is 3.44.